The smallest absolute Gasteiger partial charge is 0.871 e. The summed E-state index contributed by atoms with van der Waals surface area (Å²) >= 11 is 0. The molecule has 0 amide bonds. The van der Waals surface area contributed by atoms with Crippen molar-refractivity contribution in [2.75, 3.05) is 0 Å². The van der Waals surface area contributed by atoms with Gasteiger partial charge in [-0.05, 0) is 34.4 Å². The van der Waals surface area contributed by atoms with Crippen LogP contribution in [-0.4, -0.2) is 48.2 Å². The van der Waals surface area contributed by atoms with Crippen LogP contribution < -0.4 is 15.3 Å². The molecule has 0 radical (unpaired) electrons. The van der Waals surface area contributed by atoms with Crippen molar-refractivity contribution >= 4 is 50.6 Å². The second-order valence-corrected chi connectivity index (χ2v) is 8.49. The molecule has 6 rings (SSSR count). The van der Waals surface area contributed by atoms with Crippen LogP contribution in [0.15, 0.2) is 91.0 Å². The van der Waals surface area contributed by atoms with Crippen molar-refractivity contribution in [1.82, 2.24) is 15.0 Å². The van der Waals surface area contributed by atoms with Gasteiger partial charge in [0, 0.05) is 0 Å². The Kier molecular flexibility index (Phi) is 11.0. The molecule has 3 aromatic heterocycles. The summed E-state index contributed by atoms with van der Waals surface area (Å²) in [5.74, 6) is -4.16. The molecule has 6 aromatic rings. The average Bonchev–Trinajstić information content (AvgIpc) is 2.98. The van der Waals surface area contributed by atoms with Gasteiger partial charge >= 0.3 is 67.3 Å². The molecular weight excluding hydrogens is 698 g/mol. The normalized spacial score (nSPS) is 10.0. The van der Waals surface area contributed by atoms with Crippen molar-refractivity contribution in [3.63, 3.8) is 0 Å². The molecule has 12 nitrogen and oxygen atoms in total. The summed E-state index contributed by atoms with van der Waals surface area (Å²) in [5.41, 5.74) is 0.273. The maximum atomic E-state index is 11.3. The molecule has 214 valence electrons. The van der Waals surface area contributed by atoms with Crippen molar-refractivity contribution in [2.45, 2.75) is 0 Å². The zero-order valence-corrected chi connectivity index (χ0v) is 24.1. The summed E-state index contributed by atoms with van der Waals surface area (Å²) < 4.78 is 0. The minimum Gasteiger partial charge on any atom is -0.871 e. The predicted molar refractivity (Wildman–Crippen MR) is 144 cm³/mol. The number of benzene rings is 3. The van der Waals surface area contributed by atoms with Crippen LogP contribution in [-0.2, 0) is 0 Å². The Balaban J connectivity index is 0.000000175. The number of nitrogens with zero attached hydrogens (tertiary/aromatic N) is 3. The fourth-order valence-corrected chi connectivity index (χ4v) is 3.72. The number of fused-ring (bicyclic) bond motifs is 3. The summed E-state index contributed by atoms with van der Waals surface area (Å²) in [5, 5.41) is 61.9. The standard InChI is InChI=1S/3C10H7NO3.Eu/c3*12-8-3-1-2-6-4-5-7(10(13)14)11-9(6)8;/h3*1-5,12H,(H,13,14);/q;;;+3/p-3. The molecule has 0 saturated heterocycles. The molecule has 0 spiro atoms. The number of para-hydroxylation sites is 3. The molecule has 0 aliphatic heterocycles. The van der Waals surface area contributed by atoms with Gasteiger partial charge in [0.25, 0.3) is 0 Å². The Bertz CT molecular complexity index is 1760. The number of carboxylic acids is 3. The number of aromatic nitrogens is 3. The minimum absolute atomic E-state index is 0. The number of hydrogen-bond donors (Lipinski definition) is 3. The van der Waals surface area contributed by atoms with Gasteiger partial charge in [-0.1, -0.05) is 90.0 Å². The first-order chi connectivity index (χ1) is 20.0. The quantitative estimate of drug-likeness (QED) is 0.241. The van der Waals surface area contributed by atoms with Gasteiger partial charge in [-0.25, -0.2) is 29.3 Å². The van der Waals surface area contributed by atoms with Crippen LogP contribution in [0.2, 0.25) is 0 Å². The van der Waals surface area contributed by atoms with Crippen LogP contribution in [0.3, 0.4) is 0 Å². The molecule has 3 heterocycles. The molecule has 0 aliphatic carbocycles. The van der Waals surface area contributed by atoms with Crippen molar-refractivity contribution in [1.29, 1.82) is 0 Å². The van der Waals surface area contributed by atoms with Gasteiger partial charge in [0.2, 0.25) is 0 Å². The van der Waals surface area contributed by atoms with E-state index in [0.29, 0.717) is 16.2 Å². The summed E-state index contributed by atoms with van der Waals surface area (Å²) in [6.07, 6.45) is 0. The third-order valence-electron chi connectivity index (χ3n) is 5.71. The van der Waals surface area contributed by atoms with Gasteiger partial charge in [-0.2, -0.15) is 0 Å². The third-order valence-corrected chi connectivity index (χ3v) is 5.71. The van der Waals surface area contributed by atoms with Crippen LogP contribution in [0.5, 0.6) is 17.2 Å². The summed E-state index contributed by atoms with van der Waals surface area (Å²) in [7, 11) is 0. The van der Waals surface area contributed by atoms with Gasteiger partial charge in [0.05, 0.1) is 16.6 Å². The van der Waals surface area contributed by atoms with E-state index in [1.165, 1.54) is 36.4 Å². The maximum absolute atomic E-state index is 11.3. The zero-order chi connectivity index (χ0) is 30.4. The molecule has 0 bridgehead atoms. The van der Waals surface area contributed by atoms with Crippen LogP contribution in [0.25, 0.3) is 32.7 Å². The fraction of sp³-hybridized carbons (Fsp3) is 0. The van der Waals surface area contributed by atoms with Crippen molar-refractivity contribution < 1.29 is 94.4 Å². The molecule has 0 atom stereocenters. The average molecular weight is 716 g/mol. The number of aromatic carboxylic acids is 3. The van der Waals surface area contributed by atoms with E-state index in [1.807, 2.05) is 0 Å². The van der Waals surface area contributed by atoms with E-state index in [1.54, 1.807) is 54.6 Å². The van der Waals surface area contributed by atoms with Crippen molar-refractivity contribution in [2.24, 2.45) is 0 Å². The van der Waals surface area contributed by atoms with E-state index in [4.69, 9.17) is 15.3 Å². The van der Waals surface area contributed by atoms with Gasteiger partial charge in [0.1, 0.15) is 17.1 Å². The van der Waals surface area contributed by atoms with E-state index in [0.717, 1.165) is 0 Å². The Morgan fingerprint density at radius 2 is 0.698 bits per heavy atom. The van der Waals surface area contributed by atoms with E-state index in [-0.39, 0.29) is 100 Å². The van der Waals surface area contributed by atoms with E-state index >= 15 is 0 Å². The van der Waals surface area contributed by atoms with Crippen LogP contribution >= 0.6 is 0 Å². The van der Waals surface area contributed by atoms with Crippen LogP contribution in [0, 0.1) is 49.4 Å². The van der Waals surface area contributed by atoms with E-state index < -0.39 is 17.9 Å². The zero-order valence-electron chi connectivity index (χ0n) is 21.7. The maximum Gasteiger partial charge on any atom is 3.00 e. The summed E-state index contributed by atoms with van der Waals surface area (Å²) in [4.78, 5) is 43.1. The second kappa shape index (κ2) is 14.4. The molecule has 0 fully saturated rings. The number of pyridine rings is 3. The van der Waals surface area contributed by atoms with Crippen molar-refractivity contribution in [3.8, 4) is 17.2 Å². The van der Waals surface area contributed by atoms with Crippen LogP contribution in [0.1, 0.15) is 31.5 Å². The van der Waals surface area contributed by atoms with E-state index in [2.05, 4.69) is 15.0 Å². The van der Waals surface area contributed by atoms with Gasteiger partial charge in [-0.3, -0.25) is 0 Å². The molecule has 43 heavy (non-hydrogen) atoms. The van der Waals surface area contributed by atoms with Crippen molar-refractivity contribution in [3.05, 3.63) is 108 Å². The van der Waals surface area contributed by atoms with Gasteiger partial charge in [-0.15, -0.1) is 0 Å². The topological polar surface area (TPSA) is 220 Å². The molecule has 0 aliphatic rings. The molecule has 0 unspecified atom stereocenters. The molecular formula is C30H18EuN3O9. The minimum atomic E-state index is -1.13. The number of hydrogen-bond acceptors (Lipinski definition) is 9. The number of rotatable bonds is 3. The first-order valence-electron chi connectivity index (χ1n) is 12.0. The number of carbonyl (C=O) groups is 3. The second-order valence-electron chi connectivity index (χ2n) is 8.49. The summed E-state index contributed by atoms with van der Waals surface area (Å²) in [6, 6.07) is 23.0. The monoisotopic (exact) mass is 717 g/mol. The first-order valence-corrected chi connectivity index (χ1v) is 12.0. The Labute approximate surface area is 283 Å². The van der Waals surface area contributed by atoms with Crippen LogP contribution in [0.4, 0.5) is 0 Å². The Hall–Kier alpha value is -4.72. The molecule has 13 heteroatoms. The first kappa shape index (κ1) is 32.8. The largest absolute Gasteiger partial charge is 3.00 e. The molecule has 0 saturated carbocycles. The summed E-state index contributed by atoms with van der Waals surface area (Å²) in [6.45, 7) is 0. The van der Waals surface area contributed by atoms with Gasteiger partial charge < -0.3 is 30.6 Å². The number of carboxylic acid groups (broad SMARTS) is 3. The Morgan fingerprint density at radius 3 is 0.930 bits per heavy atom. The molecule has 3 aromatic carbocycles. The predicted octanol–water partition coefficient (Wildman–Crippen LogP) is 3.02. The third kappa shape index (κ3) is 7.98. The Morgan fingerprint density at radius 1 is 0.442 bits per heavy atom. The molecule has 3 N–H and O–H groups in total. The van der Waals surface area contributed by atoms with E-state index in [9.17, 15) is 29.7 Å². The fourth-order valence-electron chi connectivity index (χ4n) is 3.72. The SMILES string of the molecule is O=C(O)c1ccc2cccc([O-])c2n1.O=C(O)c1ccc2cccc([O-])c2n1.O=C(O)c1ccc2cccc([O-])c2n1.[Eu+3]. The van der Waals surface area contributed by atoms with Gasteiger partial charge in [0.15, 0.2) is 0 Å².